The van der Waals surface area contributed by atoms with Crippen LogP contribution in [0.15, 0.2) is 23.0 Å². The molecule has 142 valence electrons. The highest BCUT2D eigenvalue weighted by atomic mass is 16.2. The summed E-state index contributed by atoms with van der Waals surface area (Å²) < 4.78 is 3.13. The molecule has 1 aromatic heterocycles. The zero-order chi connectivity index (χ0) is 18.5. The van der Waals surface area contributed by atoms with E-state index in [1.54, 1.807) is 0 Å². The molecule has 3 fully saturated rings. The zero-order valence-electron chi connectivity index (χ0n) is 15.2. The summed E-state index contributed by atoms with van der Waals surface area (Å²) in [6.45, 7) is 3.52. The number of amides is 2. The number of fused-ring (bicyclic) bond motifs is 1. The smallest absolute Gasteiger partial charge is 0.349 e. The number of piperidine rings is 1. The maximum absolute atomic E-state index is 13.3. The van der Waals surface area contributed by atoms with Gasteiger partial charge in [0.2, 0.25) is 11.8 Å². The van der Waals surface area contributed by atoms with Gasteiger partial charge in [0.15, 0.2) is 0 Å². The molecule has 27 heavy (non-hydrogen) atoms. The number of nitrogens with one attached hydrogen (secondary N) is 1. The molecule has 3 aliphatic rings. The van der Waals surface area contributed by atoms with Crippen LogP contribution in [0, 0.1) is 0 Å². The largest absolute Gasteiger partial charge is 0.367 e. The van der Waals surface area contributed by atoms with Gasteiger partial charge in [-0.2, -0.15) is 9.69 Å². The number of carbonyl (C=O) groups is 2. The summed E-state index contributed by atoms with van der Waals surface area (Å²) in [6.07, 6.45) is 3.06. The molecular weight excluding hydrogens is 346 g/mol. The molecule has 2 aromatic rings. The van der Waals surface area contributed by atoms with E-state index in [9.17, 15) is 14.4 Å². The number of benzene rings is 1. The lowest BCUT2D eigenvalue weighted by Gasteiger charge is -2.30. The summed E-state index contributed by atoms with van der Waals surface area (Å²) in [5.41, 5.74) is 2.22. The van der Waals surface area contributed by atoms with E-state index < -0.39 is 0 Å². The molecule has 0 radical (unpaired) electrons. The van der Waals surface area contributed by atoms with Crippen LogP contribution in [0.1, 0.15) is 38.1 Å². The summed E-state index contributed by atoms with van der Waals surface area (Å²) >= 11 is 0. The average molecular weight is 369 g/mol. The lowest BCUT2D eigenvalue weighted by Crippen LogP contribution is -2.52. The van der Waals surface area contributed by atoms with E-state index in [0.717, 1.165) is 55.2 Å². The molecule has 1 aliphatic carbocycles. The summed E-state index contributed by atoms with van der Waals surface area (Å²) in [6, 6.07) is 5.94. The Kier molecular flexibility index (Phi) is 3.82. The van der Waals surface area contributed by atoms with Crippen molar-refractivity contribution in [3.8, 4) is 0 Å². The van der Waals surface area contributed by atoms with Gasteiger partial charge < -0.3 is 10.2 Å². The maximum atomic E-state index is 13.3. The van der Waals surface area contributed by atoms with Crippen molar-refractivity contribution in [2.75, 3.05) is 36.1 Å². The van der Waals surface area contributed by atoms with E-state index >= 15 is 0 Å². The van der Waals surface area contributed by atoms with Crippen molar-refractivity contribution in [2.24, 2.45) is 0 Å². The molecule has 1 saturated carbocycles. The fourth-order valence-corrected chi connectivity index (χ4v) is 4.23. The Morgan fingerprint density at radius 1 is 0.963 bits per heavy atom. The number of rotatable bonds is 3. The van der Waals surface area contributed by atoms with Crippen molar-refractivity contribution >= 4 is 28.5 Å². The average Bonchev–Trinajstić information content (AvgIpc) is 3.47. The molecular formula is C19H23N5O3. The van der Waals surface area contributed by atoms with Crippen LogP contribution < -0.4 is 20.9 Å². The molecule has 0 atom stereocenters. The predicted molar refractivity (Wildman–Crippen MR) is 102 cm³/mol. The molecule has 5 rings (SSSR count). The normalized spacial score (nSPS) is 21.3. The second kappa shape index (κ2) is 6.23. The highest BCUT2D eigenvalue weighted by molar-refractivity contribution is 6.11. The minimum absolute atomic E-state index is 0.153. The van der Waals surface area contributed by atoms with Crippen LogP contribution in [0.2, 0.25) is 0 Å². The van der Waals surface area contributed by atoms with Crippen LogP contribution >= 0.6 is 0 Å². The third kappa shape index (κ3) is 2.58. The topological polar surface area (TPSA) is 79.6 Å². The molecule has 0 spiro atoms. The van der Waals surface area contributed by atoms with Crippen molar-refractivity contribution < 1.29 is 9.59 Å². The number of nitrogens with zero attached hydrogens (tertiary/aromatic N) is 4. The standard InChI is InChI=1S/C19H23N5O3/c25-16-5-2-6-17(26)24(16)23-15-4-1-3-14(21-11-9-20-10-12-21)18(15)22(19(23)27)13-7-8-13/h1,3-4,13,20H,2,5-12H2. The van der Waals surface area contributed by atoms with Gasteiger partial charge in [-0.25, -0.2) is 4.79 Å². The van der Waals surface area contributed by atoms with E-state index in [2.05, 4.69) is 10.2 Å². The summed E-state index contributed by atoms with van der Waals surface area (Å²) in [5.74, 6) is -0.591. The Labute approximate surface area is 156 Å². The number of imidazole rings is 1. The molecule has 8 heteroatoms. The van der Waals surface area contributed by atoms with E-state index in [1.165, 1.54) is 4.68 Å². The van der Waals surface area contributed by atoms with Gasteiger partial charge in [0.25, 0.3) is 0 Å². The van der Waals surface area contributed by atoms with E-state index in [1.807, 2.05) is 22.8 Å². The number of imide groups is 1. The van der Waals surface area contributed by atoms with E-state index in [-0.39, 0.29) is 23.5 Å². The summed E-state index contributed by atoms with van der Waals surface area (Å²) in [7, 11) is 0. The Balaban J connectivity index is 1.75. The SMILES string of the molecule is O=C1CCCC(=O)N1n1c(=O)n(C2CC2)c2c(N3CCNCC3)cccc21. The predicted octanol–water partition coefficient (Wildman–Crippen LogP) is 0.723. The minimum atomic E-state index is -0.296. The number of para-hydroxylation sites is 1. The van der Waals surface area contributed by atoms with E-state index in [4.69, 9.17) is 0 Å². The van der Waals surface area contributed by atoms with Crippen molar-refractivity contribution in [2.45, 2.75) is 38.1 Å². The zero-order valence-corrected chi connectivity index (χ0v) is 15.2. The highest BCUT2D eigenvalue weighted by Crippen LogP contribution is 2.39. The van der Waals surface area contributed by atoms with Crippen LogP contribution in [0.4, 0.5) is 5.69 Å². The first-order chi connectivity index (χ1) is 13.2. The Hall–Kier alpha value is -2.61. The fraction of sp³-hybridized carbons (Fsp3) is 0.526. The molecule has 1 N–H and O–H groups in total. The highest BCUT2D eigenvalue weighted by Gasteiger charge is 2.36. The van der Waals surface area contributed by atoms with Crippen LogP contribution in [-0.2, 0) is 9.59 Å². The van der Waals surface area contributed by atoms with Gasteiger partial charge in [0.1, 0.15) is 0 Å². The lowest BCUT2D eigenvalue weighted by molar-refractivity contribution is -0.131. The maximum Gasteiger partial charge on any atom is 0.349 e. The van der Waals surface area contributed by atoms with Gasteiger partial charge in [-0.15, -0.1) is 0 Å². The second-order valence-corrected chi connectivity index (χ2v) is 7.53. The van der Waals surface area contributed by atoms with Gasteiger partial charge in [-0.05, 0) is 31.4 Å². The van der Waals surface area contributed by atoms with Crippen molar-refractivity contribution in [3.05, 3.63) is 28.7 Å². The van der Waals surface area contributed by atoms with Crippen LogP contribution in [0.5, 0.6) is 0 Å². The molecule has 2 amide bonds. The quantitative estimate of drug-likeness (QED) is 0.807. The molecule has 0 bridgehead atoms. The Bertz CT molecular complexity index is 965. The van der Waals surface area contributed by atoms with Crippen molar-refractivity contribution in [1.82, 2.24) is 14.6 Å². The Morgan fingerprint density at radius 2 is 1.67 bits per heavy atom. The van der Waals surface area contributed by atoms with Gasteiger partial charge >= 0.3 is 5.69 Å². The van der Waals surface area contributed by atoms with Gasteiger partial charge in [0.05, 0.1) is 16.7 Å². The van der Waals surface area contributed by atoms with Crippen LogP contribution in [0.25, 0.3) is 11.0 Å². The number of aromatic nitrogens is 2. The van der Waals surface area contributed by atoms with Crippen LogP contribution in [0.3, 0.4) is 0 Å². The van der Waals surface area contributed by atoms with Gasteiger partial charge in [0, 0.05) is 45.1 Å². The number of piperazine rings is 1. The van der Waals surface area contributed by atoms with E-state index in [0.29, 0.717) is 24.8 Å². The molecule has 0 unspecified atom stereocenters. The summed E-state index contributed by atoms with van der Waals surface area (Å²) in [5, 5.41) is 4.43. The third-order valence-corrected chi connectivity index (χ3v) is 5.67. The fourth-order valence-electron chi connectivity index (χ4n) is 4.23. The van der Waals surface area contributed by atoms with Gasteiger partial charge in [-0.1, -0.05) is 6.07 Å². The number of hydrogen-bond acceptors (Lipinski definition) is 5. The number of anilines is 1. The molecule has 3 heterocycles. The third-order valence-electron chi connectivity index (χ3n) is 5.67. The van der Waals surface area contributed by atoms with Crippen molar-refractivity contribution in [3.63, 3.8) is 0 Å². The molecule has 2 saturated heterocycles. The minimum Gasteiger partial charge on any atom is -0.367 e. The lowest BCUT2D eigenvalue weighted by atomic mass is 10.1. The molecule has 8 nitrogen and oxygen atoms in total. The molecule has 2 aliphatic heterocycles. The first-order valence-electron chi connectivity index (χ1n) is 9.74. The summed E-state index contributed by atoms with van der Waals surface area (Å²) in [4.78, 5) is 40.6. The number of carbonyl (C=O) groups excluding carboxylic acids is 2. The molecule has 1 aromatic carbocycles. The van der Waals surface area contributed by atoms with Crippen molar-refractivity contribution in [1.29, 1.82) is 0 Å². The monoisotopic (exact) mass is 369 g/mol. The number of hydrogen-bond donors (Lipinski definition) is 1. The first kappa shape index (κ1) is 16.6. The van der Waals surface area contributed by atoms with Crippen LogP contribution in [-0.4, -0.2) is 47.2 Å². The second-order valence-electron chi connectivity index (χ2n) is 7.53. The Morgan fingerprint density at radius 3 is 2.33 bits per heavy atom. The first-order valence-corrected chi connectivity index (χ1v) is 9.74. The van der Waals surface area contributed by atoms with Gasteiger partial charge in [-0.3, -0.25) is 14.2 Å².